The van der Waals surface area contributed by atoms with Gasteiger partial charge in [0, 0.05) is 17.0 Å². The SMILES string of the molecule is CC(C)c1ccccc1CC1(O)C(N)=Nc2ccc(Cl)cc21. The zero-order valence-electron chi connectivity index (χ0n) is 12.7. The Labute approximate surface area is 135 Å². The van der Waals surface area contributed by atoms with Gasteiger partial charge in [-0.1, -0.05) is 49.7 Å². The molecule has 1 aliphatic rings. The molecule has 0 radical (unpaired) electrons. The highest BCUT2D eigenvalue weighted by molar-refractivity contribution is 6.30. The first kappa shape index (κ1) is 15.1. The molecule has 1 aliphatic heterocycles. The van der Waals surface area contributed by atoms with E-state index in [0.717, 1.165) is 5.56 Å². The van der Waals surface area contributed by atoms with Crippen molar-refractivity contribution >= 4 is 23.1 Å². The molecule has 0 saturated heterocycles. The van der Waals surface area contributed by atoms with Crippen molar-refractivity contribution in [3.8, 4) is 0 Å². The molecule has 1 heterocycles. The van der Waals surface area contributed by atoms with Crippen molar-refractivity contribution < 1.29 is 5.11 Å². The number of nitrogens with zero attached hydrogens (tertiary/aromatic N) is 1. The molecule has 4 heteroatoms. The molecule has 114 valence electrons. The van der Waals surface area contributed by atoms with Crippen LogP contribution in [0.5, 0.6) is 0 Å². The molecule has 1 unspecified atom stereocenters. The maximum absolute atomic E-state index is 11.2. The monoisotopic (exact) mass is 314 g/mol. The van der Waals surface area contributed by atoms with E-state index in [1.807, 2.05) is 18.2 Å². The molecule has 0 amide bonds. The van der Waals surface area contributed by atoms with Gasteiger partial charge in [0.25, 0.3) is 0 Å². The van der Waals surface area contributed by atoms with E-state index in [0.29, 0.717) is 28.6 Å². The molecule has 3 nitrogen and oxygen atoms in total. The fourth-order valence-electron chi connectivity index (χ4n) is 3.02. The van der Waals surface area contributed by atoms with Gasteiger partial charge in [-0.05, 0) is 35.2 Å². The first-order valence-electron chi connectivity index (χ1n) is 7.36. The molecule has 0 aliphatic carbocycles. The third-order valence-electron chi connectivity index (χ3n) is 4.19. The van der Waals surface area contributed by atoms with Crippen LogP contribution < -0.4 is 5.73 Å². The Bertz CT molecular complexity index is 755. The first-order valence-corrected chi connectivity index (χ1v) is 7.74. The summed E-state index contributed by atoms with van der Waals surface area (Å²) in [5.74, 6) is 0.599. The lowest BCUT2D eigenvalue weighted by atomic mass is 9.84. The average Bonchev–Trinajstić information content (AvgIpc) is 2.71. The van der Waals surface area contributed by atoms with Crippen LogP contribution in [0, 0.1) is 0 Å². The van der Waals surface area contributed by atoms with Gasteiger partial charge in [-0.15, -0.1) is 0 Å². The van der Waals surface area contributed by atoms with Gasteiger partial charge in [0.05, 0.1) is 5.69 Å². The van der Waals surface area contributed by atoms with E-state index in [1.165, 1.54) is 5.56 Å². The Morgan fingerprint density at radius 2 is 1.95 bits per heavy atom. The number of benzene rings is 2. The fourth-order valence-corrected chi connectivity index (χ4v) is 3.19. The zero-order chi connectivity index (χ0) is 15.9. The van der Waals surface area contributed by atoms with E-state index < -0.39 is 5.60 Å². The summed E-state index contributed by atoms with van der Waals surface area (Å²) >= 11 is 6.08. The zero-order valence-corrected chi connectivity index (χ0v) is 13.4. The summed E-state index contributed by atoms with van der Waals surface area (Å²) in [6, 6.07) is 13.4. The van der Waals surface area contributed by atoms with Gasteiger partial charge in [0.2, 0.25) is 0 Å². The van der Waals surface area contributed by atoms with Gasteiger partial charge < -0.3 is 10.8 Å². The van der Waals surface area contributed by atoms with E-state index in [-0.39, 0.29) is 5.84 Å². The number of amidine groups is 1. The maximum atomic E-state index is 11.2. The summed E-state index contributed by atoms with van der Waals surface area (Å²) in [7, 11) is 0. The summed E-state index contributed by atoms with van der Waals surface area (Å²) in [6.45, 7) is 4.28. The quantitative estimate of drug-likeness (QED) is 0.902. The summed E-state index contributed by atoms with van der Waals surface area (Å²) < 4.78 is 0. The van der Waals surface area contributed by atoms with Crippen LogP contribution in [0.15, 0.2) is 47.5 Å². The number of halogens is 1. The Balaban J connectivity index is 2.06. The van der Waals surface area contributed by atoms with Crippen LogP contribution in [0.25, 0.3) is 0 Å². The Kier molecular flexibility index (Phi) is 3.71. The second kappa shape index (κ2) is 5.41. The van der Waals surface area contributed by atoms with Crippen molar-refractivity contribution in [2.75, 3.05) is 0 Å². The highest BCUT2D eigenvalue weighted by atomic mass is 35.5. The van der Waals surface area contributed by atoms with Crippen molar-refractivity contribution in [1.82, 2.24) is 0 Å². The average molecular weight is 315 g/mol. The topological polar surface area (TPSA) is 58.6 Å². The molecule has 0 bridgehead atoms. The largest absolute Gasteiger partial charge is 0.384 e. The number of hydrogen-bond acceptors (Lipinski definition) is 3. The maximum Gasteiger partial charge on any atom is 0.153 e. The second-order valence-corrected chi connectivity index (χ2v) is 6.49. The summed E-state index contributed by atoms with van der Waals surface area (Å²) in [4.78, 5) is 4.30. The number of hydrogen-bond donors (Lipinski definition) is 2. The Morgan fingerprint density at radius 3 is 2.68 bits per heavy atom. The molecule has 2 aromatic carbocycles. The number of nitrogens with two attached hydrogens (primary N) is 1. The molecule has 1 atom stereocenters. The van der Waals surface area contributed by atoms with Crippen molar-refractivity contribution in [2.24, 2.45) is 10.7 Å². The van der Waals surface area contributed by atoms with E-state index in [2.05, 4.69) is 24.9 Å². The second-order valence-electron chi connectivity index (χ2n) is 6.05. The fraction of sp³-hybridized carbons (Fsp3) is 0.278. The normalized spacial score (nSPS) is 20.1. The molecule has 3 rings (SSSR count). The lowest BCUT2D eigenvalue weighted by Crippen LogP contribution is -2.40. The van der Waals surface area contributed by atoms with Crippen LogP contribution >= 0.6 is 11.6 Å². The van der Waals surface area contributed by atoms with E-state index in [9.17, 15) is 5.11 Å². The Hall–Kier alpha value is -1.84. The van der Waals surface area contributed by atoms with Gasteiger partial charge in [0.15, 0.2) is 5.60 Å². The minimum absolute atomic E-state index is 0.225. The lowest BCUT2D eigenvalue weighted by molar-refractivity contribution is 0.114. The van der Waals surface area contributed by atoms with Crippen LogP contribution in [-0.4, -0.2) is 10.9 Å². The molecular weight excluding hydrogens is 296 g/mol. The highest BCUT2D eigenvalue weighted by Gasteiger charge is 2.41. The van der Waals surface area contributed by atoms with Crippen LogP contribution in [0.3, 0.4) is 0 Å². The number of rotatable bonds is 3. The molecule has 3 N–H and O–H groups in total. The van der Waals surface area contributed by atoms with Crippen molar-refractivity contribution in [2.45, 2.75) is 31.8 Å². The highest BCUT2D eigenvalue weighted by Crippen LogP contribution is 2.41. The minimum Gasteiger partial charge on any atom is -0.384 e. The van der Waals surface area contributed by atoms with Gasteiger partial charge in [-0.2, -0.15) is 0 Å². The van der Waals surface area contributed by atoms with Crippen molar-refractivity contribution in [1.29, 1.82) is 0 Å². The summed E-state index contributed by atoms with van der Waals surface area (Å²) in [6.07, 6.45) is 0.393. The van der Waals surface area contributed by atoms with Crippen molar-refractivity contribution in [3.63, 3.8) is 0 Å². The number of aliphatic imine (C=N–C) groups is 1. The molecule has 0 saturated carbocycles. The van der Waals surface area contributed by atoms with Gasteiger partial charge in [-0.3, -0.25) is 0 Å². The molecule has 22 heavy (non-hydrogen) atoms. The van der Waals surface area contributed by atoms with Crippen LogP contribution in [0.1, 0.15) is 36.5 Å². The van der Waals surface area contributed by atoms with E-state index in [4.69, 9.17) is 17.3 Å². The van der Waals surface area contributed by atoms with Gasteiger partial charge >= 0.3 is 0 Å². The van der Waals surface area contributed by atoms with Gasteiger partial charge in [-0.25, -0.2) is 4.99 Å². The van der Waals surface area contributed by atoms with Gasteiger partial charge in [0.1, 0.15) is 5.84 Å². The molecule has 2 aromatic rings. The van der Waals surface area contributed by atoms with Crippen LogP contribution in [-0.2, 0) is 12.0 Å². The standard InChI is InChI=1S/C18H19ClN2O/c1-11(2)14-6-4-3-5-12(14)10-18(22)15-9-13(19)7-8-16(15)21-17(18)20/h3-9,11,22H,10H2,1-2H3,(H2,20,21). The predicted molar refractivity (Wildman–Crippen MR) is 90.9 cm³/mol. The molecule has 0 spiro atoms. The Morgan fingerprint density at radius 1 is 1.23 bits per heavy atom. The third-order valence-corrected chi connectivity index (χ3v) is 4.43. The smallest absolute Gasteiger partial charge is 0.153 e. The van der Waals surface area contributed by atoms with Crippen LogP contribution in [0.4, 0.5) is 5.69 Å². The molecule has 0 fully saturated rings. The van der Waals surface area contributed by atoms with E-state index >= 15 is 0 Å². The predicted octanol–water partition coefficient (Wildman–Crippen LogP) is 3.90. The summed E-state index contributed by atoms with van der Waals surface area (Å²) in [5, 5.41) is 11.8. The lowest BCUT2D eigenvalue weighted by Gasteiger charge is -2.26. The third kappa shape index (κ3) is 2.40. The van der Waals surface area contributed by atoms with Crippen LogP contribution in [0.2, 0.25) is 5.02 Å². The minimum atomic E-state index is -1.30. The number of fused-ring (bicyclic) bond motifs is 1. The van der Waals surface area contributed by atoms with Crippen molar-refractivity contribution in [3.05, 3.63) is 64.2 Å². The molecule has 0 aromatic heterocycles. The molecular formula is C18H19ClN2O. The number of aliphatic hydroxyl groups is 1. The van der Waals surface area contributed by atoms with E-state index in [1.54, 1.807) is 18.2 Å². The first-order chi connectivity index (χ1) is 10.4. The summed E-state index contributed by atoms with van der Waals surface area (Å²) in [5.41, 5.74) is 8.39.